The Bertz CT molecular complexity index is 323. The predicted octanol–water partition coefficient (Wildman–Crippen LogP) is 2.07. The van der Waals surface area contributed by atoms with E-state index in [1.165, 1.54) is 0 Å². The number of hydrogen-bond donors (Lipinski definition) is 1. The number of hydrogen-bond acceptors (Lipinski definition) is 2. The zero-order valence-corrected chi connectivity index (χ0v) is 8.43. The van der Waals surface area contributed by atoms with Gasteiger partial charge < -0.3 is 4.18 Å². The van der Waals surface area contributed by atoms with Crippen molar-refractivity contribution in [3.8, 4) is 5.75 Å². The summed E-state index contributed by atoms with van der Waals surface area (Å²) in [7, 11) is 0. The van der Waals surface area contributed by atoms with Crippen LogP contribution in [0.15, 0.2) is 18.2 Å². The van der Waals surface area contributed by atoms with Gasteiger partial charge in [0.2, 0.25) is 0 Å². The van der Waals surface area contributed by atoms with Gasteiger partial charge in [0.1, 0.15) is 5.75 Å². The van der Waals surface area contributed by atoms with Crippen molar-refractivity contribution in [3.63, 3.8) is 0 Å². The molecule has 0 bridgehead atoms. The first kappa shape index (κ1) is 10.2. The van der Waals surface area contributed by atoms with Crippen LogP contribution in [-0.2, 0) is 17.8 Å². The van der Waals surface area contributed by atoms with Crippen LogP contribution in [0.5, 0.6) is 5.75 Å². The van der Waals surface area contributed by atoms with E-state index in [0.717, 1.165) is 17.5 Å². The molecule has 1 N–H and O–H groups in total. The average Bonchev–Trinajstić information content (AvgIpc) is 2.08. The van der Waals surface area contributed by atoms with E-state index in [1.54, 1.807) is 0 Å². The van der Waals surface area contributed by atoms with Gasteiger partial charge in [-0.05, 0) is 24.5 Å². The Labute approximate surface area is 80.2 Å². The summed E-state index contributed by atoms with van der Waals surface area (Å²) >= 11 is -2.24. The Hall–Kier alpha value is -0.870. The average molecular weight is 200 g/mol. The second-order valence-electron chi connectivity index (χ2n) is 2.72. The second-order valence-corrected chi connectivity index (χ2v) is 3.32. The van der Waals surface area contributed by atoms with Crippen LogP contribution in [0.4, 0.5) is 0 Å². The maximum absolute atomic E-state index is 10.5. The lowest BCUT2D eigenvalue weighted by molar-refractivity contribution is 0.454. The highest BCUT2D eigenvalue weighted by molar-refractivity contribution is 7.74. The minimum absolute atomic E-state index is 0.519. The summed E-state index contributed by atoms with van der Waals surface area (Å²) in [6.07, 6.45) is 0.786. The quantitative estimate of drug-likeness (QED) is 0.760. The molecule has 3 nitrogen and oxygen atoms in total. The van der Waals surface area contributed by atoms with Crippen molar-refractivity contribution in [3.05, 3.63) is 29.3 Å². The van der Waals surface area contributed by atoms with Gasteiger partial charge in [-0.15, -0.1) is 0 Å². The van der Waals surface area contributed by atoms with E-state index in [2.05, 4.69) is 0 Å². The van der Waals surface area contributed by atoms with Crippen LogP contribution in [0.3, 0.4) is 0 Å². The summed E-state index contributed by atoms with van der Waals surface area (Å²) in [4.78, 5) is 0. The molecule has 1 rings (SSSR count). The fourth-order valence-corrected chi connectivity index (χ4v) is 1.56. The minimum Gasteiger partial charge on any atom is -0.380 e. The predicted molar refractivity (Wildman–Crippen MR) is 52.0 cm³/mol. The molecule has 72 valence electrons. The Morgan fingerprint density at radius 1 is 1.54 bits per heavy atom. The van der Waals surface area contributed by atoms with Crippen LogP contribution in [0, 0.1) is 6.92 Å². The van der Waals surface area contributed by atoms with Gasteiger partial charge in [0, 0.05) is 0 Å². The first-order valence-corrected chi connectivity index (χ1v) is 5.06. The van der Waals surface area contributed by atoms with E-state index in [1.807, 2.05) is 32.0 Å². The number of para-hydroxylation sites is 1. The van der Waals surface area contributed by atoms with Gasteiger partial charge in [0.05, 0.1) is 0 Å². The third-order valence-electron chi connectivity index (χ3n) is 1.83. The molecule has 0 fully saturated rings. The molecule has 0 aliphatic carbocycles. The number of benzene rings is 1. The Balaban J connectivity index is 3.07. The summed E-state index contributed by atoms with van der Waals surface area (Å²) < 4.78 is 23.9. The van der Waals surface area contributed by atoms with Crippen LogP contribution in [0.1, 0.15) is 18.1 Å². The van der Waals surface area contributed by atoms with Crippen molar-refractivity contribution >= 4 is 11.4 Å². The molecule has 0 aliphatic rings. The lowest BCUT2D eigenvalue weighted by Gasteiger charge is -2.08. The third-order valence-corrected chi connectivity index (χ3v) is 2.14. The normalized spacial score (nSPS) is 12.5. The Morgan fingerprint density at radius 3 is 2.77 bits per heavy atom. The van der Waals surface area contributed by atoms with Crippen LogP contribution < -0.4 is 4.18 Å². The minimum atomic E-state index is -2.24. The van der Waals surface area contributed by atoms with Crippen LogP contribution >= 0.6 is 0 Å². The zero-order valence-electron chi connectivity index (χ0n) is 7.61. The zero-order chi connectivity index (χ0) is 9.84. The summed E-state index contributed by atoms with van der Waals surface area (Å²) in [6.45, 7) is 3.82. The van der Waals surface area contributed by atoms with Gasteiger partial charge in [-0.2, -0.15) is 4.21 Å². The van der Waals surface area contributed by atoms with Gasteiger partial charge in [0.15, 0.2) is 0 Å². The number of rotatable bonds is 3. The van der Waals surface area contributed by atoms with Gasteiger partial charge >= 0.3 is 11.4 Å². The first-order valence-electron chi connectivity index (χ1n) is 4.02. The molecule has 0 saturated heterocycles. The molecule has 1 atom stereocenters. The maximum Gasteiger partial charge on any atom is 0.357 e. The smallest absolute Gasteiger partial charge is 0.357 e. The molecule has 0 aliphatic heterocycles. The fourth-order valence-electron chi connectivity index (χ4n) is 1.18. The summed E-state index contributed by atoms with van der Waals surface area (Å²) in [5, 5.41) is 0. The molecule has 0 heterocycles. The van der Waals surface area contributed by atoms with Crippen molar-refractivity contribution in [1.82, 2.24) is 0 Å². The van der Waals surface area contributed by atoms with Gasteiger partial charge in [-0.25, -0.2) is 0 Å². The van der Waals surface area contributed by atoms with E-state index in [-0.39, 0.29) is 0 Å². The van der Waals surface area contributed by atoms with E-state index in [4.69, 9.17) is 8.74 Å². The largest absolute Gasteiger partial charge is 0.380 e. The second kappa shape index (κ2) is 4.39. The van der Waals surface area contributed by atoms with Crippen molar-refractivity contribution in [2.75, 3.05) is 0 Å². The number of aryl methyl sites for hydroxylation is 2. The molecule has 0 radical (unpaired) electrons. The molecule has 0 saturated carbocycles. The lowest BCUT2D eigenvalue weighted by Crippen LogP contribution is -2.01. The molecule has 1 unspecified atom stereocenters. The van der Waals surface area contributed by atoms with Gasteiger partial charge in [-0.3, -0.25) is 4.55 Å². The Morgan fingerprint density at radius 2 is 2.23 bits per heavy atom. The highest BCUT2D eigenvalue weighted by atomic mass is 32.2. The summed E-state index contributed by atoms with van der Waals surface area (Å²) in [5.41, 5.74) is 1.82. The molecule has 0 amide bonds. The summed E-state index contributed by atoms with van der Waals surface area (Å²) in [5.74, 6) is 0.519. The highest BCUT2D eigenvalue weighted by Crippen LogP contribution is 2.24. The highest BCUT2D eigenvalue weighted by Gasteiger charge is 2.07. The SMILES string of the molecule is CCc1cccc(C)c1OS(=O)O. The molecule has 0 spiro atoms. The first-order chi connectivity index (χ1) is 6.15. The molecular weight excluding hydrogens is 188 g/mol. The van der Waals surface area contributed by atoms with Crippen LogP contribution in [0.2, 0.25) is 0 Å². The molecular formula is C9H12O3S. The topological polar surface area (TPSA) is 46.5 Å². The van der Waals surface area contributed by atoms with Crippen molar-refractivity contribution in [1.29, 1.82) is 0 Å². The standard InChI is InChI=1S/C9H12O3S/c1-3-8-6-4-5-7(2)9(8)12-13(10)11/h4-6H,3H2,1-2H3,(H,10,11). The molecule has 1 aromatic carbocycles. The summed E-state index contributed by atoms with van der Waals surface area (Å²) in [6, 6.07) is 5.64. The van der Waals surface area contributed by atoms with Crippen LogP contribution in [-0.4, -0.2) is 8.76 Å². The molecule has 4 heteroatoms. The van der Waals surface area contributed by atoms with Crippen molar-refractivity contribution in [2.45, 2.75) is 20.3 Å². The van der Waals surface area contributed by atoms with Crippen molar-refractivity contribution < 1.29 is 12.9 Å². The van der Waals surface area contributed by atoms with E-state index in [0.29, 0.717) is 5.75 Å². The monoisotopic (exact) mass is 200 g/mol. The van der Waals surface area contributed by atoms with Gasteiger partial charge in [-0.1, -0.05) is 25.1 Å². The van der Waals surface area contributed by atoms with Crippen LogP contribution in [0.25, 0.3) is 0 Å². The van der Waals surface area contributed by atoms with Gasteiger partial charge in [0.25, 0.3) is 0 Å². The molecule has 0 aromatic heterocycles. The lowest BCUT2D eigenvalue weighted by atomic mass is 10.1. The van der Waals surface area contributed by atoms with E-state index >= 15 is 0 Å². The maximum atomic E-state index is 10.5. The fraction of sp³-hybridized carbons (Fsp3) is 0.333. The molecule has 1 aromatic rings. The van der Waals surface area contributed by atoms with E-state index < -0.39 is 11.4 Å². The Kier molecular flexibility index (Phi) is 3.45. The van der Waals surface area contributed by atoms with E-state index in [9.17, 15) is 4.21 Å². The molecule has 13 heavy (non-hydrogen) atoms. The van der Waals surface area contributed by atoms with Crippen molar-refractivity contribution in [2.24, 2.45) is 0 Å². The third kappa shape index (κ3) is 2.54.